The smallest absolute Gasteiger partial charge is 0.337 e. The molecule has 26 heavy (non-hydrogen) atoms. The van der Waals surface area contributed by atoms with E-state index in [0.717, 1.165) is 24.2 Å². The maximum Gasteiger partial charge on any atom is 0.337 e. The summed E-state index contributed by atoms with van der Waals surface area (Å²) >= 11 is 1.18. The first-order valence-corrected chi connectivity index (χ1v) is 9.27. The van der Waals surface area contributed by atoms with Gasteiger partial charge in [0.1, 0.15) is 16.4 Å². The Hall–Kier alpha value is -2.67. The lowest BCUT2D eigenvalue weighted by molar-refractivity contribution is 0.0699. The highest BCUT2D eigenvalue weighted by Gasteiger charge is 2.18. The molecule has 3 rings (SSSR count). The Kier molecular flexibility index (Phi) is 5.37. The Balaban J connectivity index is 1.67. The van der Waals surface area contributed by atoms with Gasteiger partial charge in [0, 0.05) is 11.9 Å². The van der Waals surface area contributed by atoms with E-state index in [9.17, 15) is 14.7 Å². The Labute approximate surface area is 154 Å². The van der Waals surface area contributed by atoms with Crippen molar-refractivity contribution in [1.82, 2.24) is 9.55 Å². The Bertz CT molecular complexity index is 1010. The summed E-state index contributed by atoms with van der Waals surface area (Å²) in [6.45, 7) is 4.82. The number of nitrogens with zero attached hydrogens (tertiary/aromatic N) is 2. The van der Waals surface area contributed by atoms with Crippen molar-refractivity contribution in [1.29, 1.82) is 0 Å². The summed E-state index contributed by atoms with van der Waals surface area (Å²) in [5.41, 5.74) is 0.831. The number of unbranched alkanes of at least 4 members (excludes halogenated alkanes) is 1. The number of hydrogen-bond donors (Lipinski definition) is 1. The van der Waals surface area contributed by atoms with Crippen LogP contribution in [0.5, 0.6) is 5.75 Å². The lowest BCUT2D eigenvalue weighted by Crippen LogP contribution is -2.24. The Morgan fingerprint density at radius 3 is 2.77 bits per heavy atom. The van der Waals surface area contributed by atoms with Crippen LogP contribution in [0, 0.1) is 13.8 Å². The molecule has 0 radical (unpaired) electrons. The molecule has 0 saturated heterocycles. The van der Waals surface area contributed by atoms with Crippen LogP contribution in [0.15, 0.2) is 34.4 Å². The van der Waals surface area contributed by atoms with E-state index in [1.54, 1.807) is 11.5 Å². The molecule has 0 spiro atoms. The molecule has 3 aromatic rings. The number of carbonyl (C=O) groups is 1. The summed E-state index contributed by atoms with van der Waals surface area (Å²) in [6.07, 6.45) is 1.53. The van der Waals surface area contributed by atoms with Gasteiger partial charge in [-0.2, -0.15) is 0 Å². The second kappa shape index (κ2) is 7.70. The fourth-order valence-electron chi connectivity index (χ4n) is 2.82. The highest BCUT2D eigenvalue weighted by atomic mass is 32.1. The summed E-state index contributed by atoms with van der Waals surface area (Å²) in [7, 11) is 0. The van der Waals surface area contributed by atoms with Crippen molar-refractivity contribution in [3.63, 3.8) is 0 Å². The van der Waals surface area contributed by atoms with Crippen molar-refractivity contribution in [2.24, 2.45) is 0 Å². The first kappa shape index (κ1) is 18.1. The number of rotatable bonds is 7. The number of hydrogen-bond acceptors (Lipinski definition) is 5. The largest absolute Gasteiger partial charge is 0.493 e. The van der Waals surface area contributed by atoms with Gasteiger partial charge in [0.25, 0.3) is 5.56 Å². The monoisotopic (exact) mass is 372 g/mol. The molecule has 0 fully saturated rings. The Morgan fingerprint density at radius 1 is 1.27 bits per heavy atom. The van der Waals surface area contributed by atoms with Gasteiger partial charge in [-0.3, -0.25) is 9.36 Å². The fraction of sp³-hybridized carbons (Fsp3) is 0.316. The number of para-hydroxylation sites is 1. The van der Waals surface area contributed by atoms with E-state index in [4.69, 9.17) is 4.74 Å². The number of aromatic carboxylic acids is 1. The van der Waals surface area contributed by atoms with E-state index in [-0.39, 0.29) is 16.5 Å². The Morgan fingerprint density at radius 2 is 2.04 bits per heavy atom. The van der Waals surface area contributed by atoms with Crippen LogP contribution in [0.1, 0.15) is 34.6 Å². The quantitative estimate of drug-likeness (QED) is 0.641. The number of benzene rings is 1. The first-order valence-electron chi connectivity index (χ1n) is 8.39. The molecule has 2 heterocycles. The minimum absolute atomic E-state index is 0.0270. The van der Waals surface area contributed by atoms with Gasteiger partial charge in [0.15, 0.2) is 0 Å². The van der Waals surface area contributed by atoms with Gasteiger partial charge in [0.2, 0.25) is 0 Å². The van der Waals surface area contributed by atoms with Gasteiger partial charge in [-0.15, -0.1) is 11.3 Å². The van der Waals surface area contributed by atoms with Crippen LogP contribution in [-0.2, 0) is 6.54 Å². The predicted octanol–water partition coefficient (Wildman–Crippen LogP) is 3.63. The van der Waals surface area contributed by atoms with E-state index in [1.807, 2.05) is 31.2 Å². The van der Waals surface area contributed by atoms with Crippen LogP contribution in [0.2, 0.25) is 0 Å². The molecule has 0 aliphatic carbocycles. The zero-order valence-corrected chi connectivity index (χ0v) is 15.5. The van der Waals surface area contributed by atoms with Crippen molar-refractivity contribution >= 4 is 27.5 Å². The molecule has 0 unspecified atom stereocenters. The maximum absolute atomic E-state index is 12.7. The maximum atomic E-state index is 12.7. The molecular weight excluding hydrogens is 352 g/mol. The van der Waals surface area contributed by atoms with Gasteiger partial charge >= 0.3 is 5.97 Å². The molecule has 6 nitrogen and oxygen atoms in total. The average molecular weight is 372 g/mol. The molecular formula is C19H20N2O4S. The minimum atomic E-state index is -1.10. The fourth-order valence-corrected chi connectivity index (χ4v) is 3.77. The number of thiophene rings is 1. The van der Waals surface area contributed by atoms with Crippen LogP contribution in [0.25, 0.3) is 10.2 Å². The lowest BCUT2D eigenvalue weighted by Gasteiger charge is -2.11. The van der Waals surface area contributed by atoms with Gasteiger partial charge < -0.3 is 9.84 Å². The van der Waals surface area contributed by atoms with Gasteiger partial charge in [-0.05, 0) is 38.3 Å². The topological polar surface area (TPSA) is 81.4 Å². The van der Waals surface area contributed by atoms with E-state index < -0.39 is 5.97 Å². The van der Waals surface area contributed by atoms with Crippen LogP contribution in [0.3, 0.4) is 0 Å². The first-order chi connectivity index (χ1) is 12.5. The lowest BCUT2D eigenvalue weighted by atomic mass is 10.2. The third-order valence-corrected chi connectivity index (χ3v) is 5.11. The van der Waals surface area contributed by atoms with Crippen LogP contribution >= 0.6 is 11.3 Å². The van der Waals surface area contributed by atoms with Crippen LogP contribution in [-0.4, -0.2) is 27.2 Å². The third-order valence-electron chi connectivity index (χ3n) is 4.24. The number of carboxylic acids is 1. The standard InChI is InChI=1S/C19H20N2O4S/c1-12-7-3-4-8-15(12)25-10-6-5-9-21-13(2)20-17-16(18(21)22)14(11-26-17)19(23)24/h3-4,7-8,11H,5-6,9-10H2,1-2H3,(H,23,24). The van der Waals surface area contributed by atoms with E-state index in [2.05, 4.69) is 4.98 Å². The summed E-state index contributed by atoms with van der Waals surface area (Å²) in [5, 5.41) is 10.9. The molecule has 0 bridgehead atoms. The number of carboxylic acid groups (broad SMARTS) is 1. The molecule has 1 aromatic carbocycles. The van der Waals surface area contributed by atoms with E-state index >= 15 is 0 Å². The zero-order chi connectivity index (χ0) is 18.7. The normalized spacial score (nSPS) is 11.0. The van der Waals surface area contributed by atoms with E-state index in [1.165, 1.54) is 16.7 Å². The van der Waals surface area contributed by atoms with Crippen molar-refractivity contribution < 1.29 is 14.6 Å². The van der Waals surface area contributed by atoms with Gasteiger partial charge in [-0.25, -0.2) is 9.78 Å². The zero-order valence-electron chi connectivity index (χ0n) is 14.7. The van der Waals surface area contributed by atoms with Crippen LogP contribution in [0.4, 0.5) is 0 Å². The minimum Gasteiger partial charge on any atom is -0.493 e. The summed E-state index contributed by atoms with van der Waals surface area (Å²) in [6, 6.07) is 7.84. The molecule has 2 aromatic heterocycles. The van der Waals surface area contributed by atoms with Crippen LogP contribution < -0.4 is 10.3 Å². The molecule has 136 valence electrons. The number of fused-ring (bicyclic) bond motifs is 1. The predicted molar refractivity (Wildman–Crippen MR) is 101 cm³/mol. The second-order valence-corrected chi connectivity index (χ2v) is 6.93. The number of aromatic nitrogens is 2. The number of aryl methyl sites for hydroxylation is 2. The second-order valence-electron chi connectivity index (χ2n) is 6.07. The van der Waals surface area contributed by atoms with Crippen molar-refractivity contribution in [3.8, 4) is 5.75 Å². The molecule has 0 aliphatic rings. The van der Waals surface area contributed by atoms with Crippen molar-refractivity contribution in [2.75, 3.05) is 6.61 Å². The summed E-state index contributed by atoms with van der Waals surface area (Å²) < 4.78 is 7.32. The average Bonchev–Trinajstić information content (AvgIpc) is 3.02. The van der Waals surface area contributed by atoms with E-state index in [0.29, 0.717) is 23.8 Å². The highest BCUT2D eigenvalue weighted by Crippen LogP contribution is 2.22. The summed E-state index contributed by atoms with van der Waals surface area (Å²) in [4.78, 5) is 28.9. The van der Waals surface area contributed by atoms with Crippen molar-refractivity contribution in [2.45, 2.75) is 33.2 Å². The molecule has 0 saturated carbocycles. The molecule has 0 aliphatic heterocycles. The molecule has 0 amide bonds. The SMILES string of the molecule is Cc1ccccc1OCCCCn1c(C)nc2scc(C(=O)O)c2c1=O. The highest BCUT2D eigenvalue weighted by molar-refractivity contribution is 7.17. The van der Waals surface area contributed by atoms with Gasteiger partial charge in [0.05, 0.1) is 17.6 Å². The molecule has 1 N–H and O–H groups in total. The number of ether oxygens (including phenoxy) is 1. The third kappa shape index (κ3) is 3.62. The van der Waals surface area contributed by atoms with Crippen molar-refractivity contribution in [3.05, 3.63) is 57.0 Å². The summed E-state index contributed by atoms with van der Waals surface area (Å²) in [5.74, 6) is 0.367. The van der Waals surface area contributed by atoms with Gasteiger partial charge in [-0.1, -0.05) is 18.2 Å². The molecule has 7 heteroatoms. The molecule has 0 atom stereocenters.